The molecular formula is C23H15Cl2F2NO5. The van der Waals surface area contributed by atoms with Gasteiger partial charge in [0.2, 0.25) is 0 Å². The van der Waals surface area contributed by atoms with Crippen LogP contribution in [-0.2, 0) is 9.59 Å². The van der Waals surface area contributed by atoms with E-state index in [1.165, 1.54) is 25.3 Å². The van der Waals surface area contributed by atoms with Gasteiger partial charge in [-0.25, -0.2) is 8.78 Å². The minimum absolute atomic E-state index is 0.00363. The van der Waals surface area contributed by atoms with Crippen LogP contribution >= 0.6 is 23.2 Å². The molecule has 10 heteroatoms. The summed E-state index contributed by atoms with van der Waals surface area (Å²) < 4.78 is 39.5. The van der Waals surface area contributed by atoms with Crippen molar-refractivity contribution >= 4 is 46.3 Å². The van der Waals surface area contributed by atoms with Gasteiger partial charge in [-0.1, -0.05) is 23.2 Å². The number of rotatable bonds is 4. The molecular weight excluding hydrogens is 479 g/mol. The molecule has 0 aliphatic carbocycles. The Morgan fingerprint density at radius 3 is 2.48 bits per heavy atom. The Bertz CT molecular complexity index is 1330. The van der Waals surface area contributed by atoms with E-state index in [1.54, 1.807) is 13.0 Å². The van der Waals surface area contributed by atoms with E-state index in [1.807, 2.05) is 0 Å². The quantitative estimate of drug-likeness (QED) is 0.282. The summed E-state index contributed by atoms with van der Waals surface area (Å²) in [7, 11) is 1.29. The Morgan fingerprint density at radius 1 is 1.12 bits per heavy atom. The van der Waals surface area contributed by atoms with Gasteiger partial charge in [-0.05, 0) is 43.3 Å². The van der Waals surface area contributed by atoms with E-state index in [-0.39, 0.29) is 27.1 Å². The van der Waals surface area contributed by atoms with Crippen molar-refractivity contribution in [2.45, 2.75) is 13.0 Å². The molecule has 0 bridgehead atoms. The van der Waals surface area contributed by atoms with Crippen LogP contribution in [0.1, 0.15) is 23.1 Å². The molecule has 1 atom stereocenters. The topological polar surface area (TPSA) is 80.0 Å². The molecule has 4 rings (SSSR count). The number of nitrogens with zero attached hydrogens (tertiary/aromatic N) is 1. The van der Waals surface area contributed by atoms with Gasteiger partial charge in [-0.3, -0.25) is 14.5 Å². The maximum atomic E-state index is 14.7. The molecule has 1 fully saturated rings. The van der Waals surface area contributed by atoms with Gasteiger partial charge in [0.25, 0.3) is 11.7 Å². The number of amides is 1. The van der Waals surface area contributed by atoms with Crippen LogP contribution in [0.4, 0.5) is 14.5 Å². The maximum Gasteiger partial charge on any atom is 0.300 e. The Morgan fingerprint density at radius 2 is 1.85 bits per heavy atom. The van der Waals surface area contributed by atoms with Crippen LogP contribution in [0.3, 0.4) is 0 Å². The number of anilines is 1. The number of aliphatic hydroxyl groups is 1. The number of carbonyl (C=O) groups excluding carboxylic acids is 2. The van der Waals surface area contributed by atoms with Crippen molar-refractivity contribution in [2.75, 3.05) is 12.0 Å². The molecule has 1 N–H and O–H groups in total. The van der Waals surface area contributed by atoms with Crippen LogP contribution in [0.5, 0.6) is 5.75 Å². The first-order valence-corrected chi connectivity index (χ1v) is 10.3. The van der Waals surface area contributed by atoms with Crippen LogP contribution in [0.25, 0.3) is 5.76 Å². The number of hydrogen-bond acceptors (Lipinski definition) is 5. The second kappa shape index (κ2) is 8.53. The number of ether oxygens (including phenoxy) is 1. The van der Waals surface area contributed by atoms with Crippen LogP contribution in [0.2, 0.25) is 10.0 Å². The maximum absolute atomic E-state index is 14.7. The summed E-state index contributed by atoms with van der Waals surface area (Å²) in [4.78, 5) is 26.8. The van der Waals surface area contributed by atoms with Crippen LogP contribution in [0.15, 0.2) is 52.5 Å². The lowest BCUT2D eigenvalue weighted by Gasteiger charge is -2.24. The lowest BCUT2D eigenvalue weighted by Crippen LogP contribution is -2.30. The monoisotopic (exact) mass is 493 g/mol. The third kappa shape index (κ3) is 3.85. The zero-order valence-corrected chi connectivity index (χ0v) is 18.7. The van der Waals surface area contributed by atoms with E-state index in [0.29, 0.717) is 5.76 Å². The van der Waals surface area contributed by atoms with Crippen molar-refractivity contribution in [3.63, 3.8) is 0 Å². The lowest BCUT2D eigenvalue weighted by atomic mass is 9.98. The smallest absolute Gasteiger partial charge is 0.300 e. The standard InChI is InChI=1S/C23H15Cl2F2NO5/c1-10-3-6-17(33-10)19-18(20(29)13-7-11(24)8-14(25)22(13)32-2)21(30)23(31)28(19)16-9-12(26)4-5-15(16)27/h3-9,19,29H,1-2H3/b20-18+. The number of carbonyl (C=O) groups is 2. The summed E-state index contributed by atoms with van der Waals surface area (Å²) in [5, 5.41) is 11.3. The van der Waals surface area contributed by atoms with Gasteiger partial charge >= 0.3 is 0 Å². The normalized spacial score (nSPS) is 17.6. The van der Waals surface area contributed by atoms with Crippen LogP contribution in [0, 0.1) is 18.6 Å². The number of furan rings is 1. The number of hydrogen-bond donors (Lipinski definition) is 1. The van der Waals surface area contributed by atoms with Crippen molar-refractivity contribution < 1.29 is 32.6 Å². The number of aliphatic hydroxyl groups excluding tert-OH is 1. The highest BCUT2D eigenvalue weighted by atomic mass is 35.5. The number of halogens is 4. The first-order valence-electron chi connectivity index (χ1n) is 9.49. The van der Waals surface area contributed by atoms with E-state index in [9.17, 15) is 23.5 Å². The fourth-order valence-corrected chi connectivity index (χ4v) is 4.28. The van der Waals surface area contributed by atoms with Gasteiger partial charge in [-0.2, -0.15) is 0 Å². The molecule has 1 aliphatic heterocycles. The Balaban J connectivity index is 2.03. The average molecular weight is 494 g/mol. The molecule has 1 amide bonds. The van der Waals surface area contributed by atoms with E-state index in [2.05, 4.69) is 0 Å². The summed E-state index contributed by atoms with van der Waals surface area (Å²) in [6, 6.07) is 6.76. The number of benzene rings is 2. The predicted molar refractivity (Wildman–Crippen MR) is 118 cm³/mol. The highest BCUT2D eigenvalue weighted by Gasteiger charge is 2.49. The molecule has 0 spiro atoms. The fourth-order valence-electron chi connectivity index (χ4n) is 3.71. The Kier molecular flexibility index (Phi) is 5.90. The van der Waals surface area contributed by atoms with Gasteiger partial charge in [0, 0.05) is 11.1 Å². The van der Waals surface area contributed by atoms with E-state index >= 15 is 0 Å². The first kappa shape index (κ1) is 22.8. The Hall–Kier alpha value is -3.36. The molecule has 1 unspecified atom stereocenters. The highest BCUT2D eigenvalue weighted by molar-refractivity contribution is 6.51. The molecule has 6 nitrogen and oxygen atoms in total. The second-order valence-corrected chi connectivity index (χ2v) is 8.03. The van der Waals surface area contributed by atoms with E-state index in [0.717, 1.165) is 23.1 Å². The fraction of sp³-hybridized carbons (Fsp3) is 0.130. The van der Waals surface area contributed by atoms with Gasteiger partial charge in [0.15, 0.2) is 0 Å². The minimum Gasteiger partial charge on any atom is -0.507 e. The van der Waals surface area contributed by atoms with Gasteiger partial charge in [0.05, 0.1) is 29.0 Å². The number of Topliss-reactive ketones (excluding diaryl/α,β-unsaturated/α-hetero) is 1. The van der Waals surface area contributed by atoms with Crippen molar-refractivity contribution in [3.05, 3.63) is 86.8 Å². The third-order valence-corrected chi connectivity index (χ3v) is 5.61. The molecule has 2 aromatic carbocycles. The van der Waals surface area contributed by atoms with Gasteiger partial charge in [-0.15, -0.1) is 0 Å². The third-order valence-electron chi connectivity index (χ3n) is 5.11. The number of ketones is 1. The molecule has 33 heavy (non-hydrogen) atoms. The first-order chi connectivity index (χ1) is 15.6. The molecule has 1 aliphatic rings. The van der Waals surface area contributed by atoms with Crippen molar-refractivity contribution in [3.8, 4) is 5.75 Å². The summed E-state index contributed by atoms with van der Waals surface area (Å²) in [6.07, 6.45) is 0. The van der Waals surface area contributed by atoms with E-state index in [4.69, 9.17) is 32.4 Å². The van der Waals surface area contributed by atoms with Gasteiger partial charge in [0.1, 0.15) is 40.7 Å². The molecule has 0 saturated carbocycles. The summed E-state index contributed by atoms with van der Waals surface area (Å²) >= 11 is 12.2. The zero-order chi connectivity index (χ0) is 24.0. The molecule has 2 heterocycles. The molecule has 1 saturated heterocycles. The zero-order valence-electron chi connectivity index (χ0n) is 17.2. The lowest BCUT2D eigenvalue weighted by molar-refractivity contribution is -0.132. The summed E-state index contributed by atoms with van der Waals surface area (Å²) in [6.45, 7) is 1.62. The van der Waals surface area contributed by atoms with E-state index < -0.39 is 46.4 Å². The molecule has 3 aromatic rings. The summed E-state index contributed by atoms with van der Waals surface area (Å²) in [5.74, 6) is -4.31. The average Bonchev–Trinajstić information content (AvgIpc) is 3.30. The van der Waals surface area contributed by atoms with Crippen LogP contribution in [-0.4, -0.2) is 23.9 Å². The number of methoxy groups -OCH3 is 1. The highest BCUT2D eigenvalue weighted by Crippen LogP contribution is 2.45. The predicted octanol–water partition coefficient (Wildman–Crippen LogP) is 5.81. The van der Waals surface area contributed by atoms with Crippen molar-refractivity contribution in [2.24, 2.45) is 0 Å². The minimum atomic E-state index is -1.41. The van der Waals surface area contributed by atoms with Crippen LogP contribution < -0.4 is 9.64 Å². The second-order valence-electron chi connectivity index (χ2n) is 7.18. The summed E-state index contributed by atoms with van der Waals surface area (Å²) in [5.41, 5.74) is -0.998. The largest absolute Gasteiger partial charge is 0.507 e. The van der Waals surface area contributed by atoms with Crippen molar-refractivity contribution in [1.29, 1.82) is 0 Å². The SMILES string of the molecule is COc1c(Cl)cc(Cl)cc1/C(O)=C1\C(=O)C(=O)N(c2cc(F)ccc2F)C1c1ccc(C)o1. The number of aryl methyl sites for hydroxylation is 1. The molecule has 170 valence electrons. The Labute approximate surface area is 196 Å². The molecule has 1 aromatic heterocycles. The van der Waals surface area contributed by atoms with Gasteiger partial charge < -0.3 is 14.3 Å². The van der Waals surface area contributed by atoms with Crippen molar-refractivity contribution in [1.82, 2.24) is 0 Å². The molecule has 0 radical (unpaired) electrons.